The van der Waals surface area contributed by atoms with Crippen LogP contribution in [0.1, 0.15) is 22.1 Å². The maximum Gasteiger partial charge on any atom is 0.247 e. The molecule has 0 unspecified atom stereocenters. The van der Waals surface area contributed by atoms with Crippen LogP contribution in [0.2, 0.25) is 0 Å². The van der Waals surface area contributed by atoms with Crippen LogP contribution in [-0.2, 0) is 6.54 Å². The molecule has 2 aromatic heterocycles. The molecule has 33 heavy (non-hydrogen) atoms. The summed E-state index contributed by atoms with van der Waals surface area (Å²) in [6.07, 6.45) is 3.27. The highest BCUT2D eigenvalue weighted by Gasteiger charge is 2.18. The Bertz CT molecular complexity index is 1430. The highest BCUT2D eigenvalue weighted by atomic mass is 16.5. The first kappa shape index (κ1) is 20.4. The Kier molecular flexibility index (Phi) is 5.51. The number of rotatable bonds is 7. The molecule has 5 rings (SSSR count). The van der Waals surface area contributed by atoms with Gasteiger partial charge in [0.25, 0.3) is 0 Å². The van der Waals surface area contributed by atoms with Crippen molar-refractivity contribution >= 4 is 22.9 Å². The van der Waals surface area contributed by atoms with Crippen molar-refractivity contribution in [2.24, 2.45) is 0 Å². The number of fused-ring (bicyclic) bond motifs is 1. The number of allylic oxidation sites excluding steroid dienone is 1. The fourth-order valence-corrected chi connectivity index (χ4v) is 3.54. The molecule has 7 heteroatoms. The average molecular weight is 436 g/mol. The van der Waals surface area contributed by atoms with Crippen LogP contribution in [0.3, 0.4) is 0 Å². The summed E-state index contributed by atoms with van der Waals surface area (Å²) >= 11 is 0. The van der Waals surface area contributed by atoms with E-state index in [9.17, 15) is 4.79 Å². The van der Waals surface area contributed by atoms with Crippen molar-refractivity contribution in [2.45, 2.75) is 6.54 Å². The van der Waals surface area contributed by atoms with E-state index in [-0.39, 0.29) is 12.3 Å². The van der Waals surface area contributed by atoms with Gasteiger partial charge in [-0.3, -0.25) is 4.79 Å². The lowest BCUT2D eigenvalue weighted by molar-refractivity contribution is 0.103. The Hall–Kier alpha value is -4.52. The van der Waals surface area contributed by atoms with Crippen LogP contribution in [0.5, 0.6) is 5.75 Å². The number of para-hydroxylation sites is 2. The van der Waals surface area contributed by atoms with Gasteiger partial charge in [0.2, 0.25) is 17.6 Å². The lowest BCUT2D eigenvalue weighted by atomic mass is 10.2. The summed E-state index contributed by atoms with van der Waals surface area (Å²) in [5.74, 6) is 1.67. The Balaban J connectivity index is 1.45. The fourth-order valence-electron chi connectivity index (χ4n) is 3.54. The first-order valence-electron chi connectivity index (χ1n) is 10.4. The van der Waals surface area contributed by atoms with E-state index in [0.717, 1.165) is 27.9 Å². The normalized spacial score (nSPS) is 11.3. The zero-order valence-corrected chi connectivity index (χ0v) is 17.9. The molecule has 0 aliphatic rings. The Morgan fingerprint density at radius 2 is 1.73 bits per heavy atom. The number of ketones is 1. The van der Waals surface area contributed by atoms with Gasteiger partial charge in [-0.25, -0.2) is 4.98 Å². The molecular weight excluding hydrogens is 416 g/mol. The number of methoxy groups -OCH3 is 1. The van der Waals surface area contributed by atoms with Crippen molar-refractivity contribution in [3.8, 4) is 17.2 Å². The molecule has 162 valence electrons. The van der Waals surface area contributed by atoms with E-state index < -0.39 is 0 Å². The largest absolute Gasteiger partial charge is 0.497 e. The van der Waals surface area contributed by atoms with Crippen molar-refractivity contribution in [2.75, 3.05) is 7.11 Å². The van der Waals surface area contributed by atoms with Crippen molar-refractivity contribution in [1.82, 2.24) is 19.7 Å². The highest BCUT2D eigenvalue weighted by Crippen LogP contribution is 2.21. The van der Waals surface area contributed by atoms with E-state index in [1.807, 2.05) is 78.9 Å². The number of carbonyl (C=O) groups is 1. The van der Waals surface area contributed by atoms with Gasteiger partial charge < -0.3 is 13.7 Å². The van der Waals surface area contributed by atoms with E-state index in [4.69, 9.17) is 9.15 Å². The summed E-state index contributed by atoms with van der Waals surface area (Å²) in [5.41, 5.74) is 3.27. The van der Waals surface area contributed by atoms with E-state index in [1.54, 1.807) is 17.8 Å². The molecule has 5 aromatic rings. The maximum absolute atomic E-state index is 13.1. The Morgan fingerprint density at radius 3 is 2.52 bits per heavy atom. The molecule has 0 spiro atoms. The SMILES string of the molecule is COc1ccc(C=CC(=O)c2nc3ccccc3n2Cc2nnc(-c3ccccc3)o2)cc1. The number of nitrogens with zero attached hydrogens (tertiary/aromatic N) is 4. The molecule has 7 nitrogen and oxygen atoms in total. The molecule has 0 bridgehead atoms. The van der Waals surface area contributed by atoms with E-state index >= 15 is 0 Å². The topological polar surface area (TPSA) is 83.0 Å². The molecular formula is C26H20N4O3. The van der Waals surface area contributed by atoms with E-state index in [0.29, 0.717) is 17.6 Å². The van der Waals surface area contributed by atoms with Crippen LogP contribution in [0.4, 0.5) is 0 Å². The summed E-state index contributed by atoms with van der Waals surface area (Å²) in [4.78, 5) is 17.7. The Morgan fingerprint density at radius 1 is 0.970 bits per heavy atom. The van der Waals surface area contributed by atoms with Crippen LogP contribution in [-0.4, -0.2) is 32.6 Å². The second kappa shape index (κ2) is 8.92. The summed E-state index contributed by atoms with van der Waals surface area (Å²) < 4.78 is 12.8. The lowest BCUT2D eigenvalue weighted by Gasteiger charge is -2.04. The molecule has 0 saturated carbocycles. The van der Waals surface area contributed by atoms with Gasteiger partial charge in [-0.1, -0.05) is 48.5 Å². The number of hydrogen-bond acceptors (Lipinski definition) is 6. The van der Waals surface area contributed by atoms with Gasteiger partial charge in [-0.2, -0.15) is 0 Å². The monoisotopic (exact) mass is 436 g/mol. The maximum atomic E-state index is 13.1. The first-order chi connectivity index (χ1) is 16.2. The molecule has 3 aromatic carbocycles. The van der Waals surface area contributed by atoms with Gasteiger partial charge in [0.15, 0.2) is 5.82 Å². The first-order valence-corrected chi connectivity index (χ1v) is 10.4. The highest BCUT2D eigenvalue weighted by molar-refractivity contribution is 6.06. The van der Waals surface area contributed by atoms with Crippen LogP contribution in [0, 0.1) is 0 Å². The number of benzene rings is 3. The van der Waals surface area contributed by atoms with Crippen LogP contribution >= 0.6 is 0 Å². The quantitative estimate of drug-likeness (QED) is 0.263. The predicted molar refractivity (Wildman–Crippen MR) is 125 cm³/mol. The molecule has 0 amide bonds. The summed E-state index contributed by atoms with van der Waals surface area (Å²) in [6, 6.07) is 24.6. The molecule has 0 atom stereocenters. The van der Waals surface area contributed by atoms with Gasteiger partial charge in [0.05, 0.1) is 18.1 Å². The number of imidazole rings is 1. The predicted octanol–water partition coefficient (Wildman–Crippen LogP) is 5.04. The van der Waals surface area contributed by atoms with E-state index in [2.05, 4.69) is 15.2 Å². The second-order valence-corrected chi connectivity index (χ2v) is 7.35. The molecule has 0 N–H and O–H groups in total. The minimum absolute atomic E-state index is 0.218. The van der Waals surface area contributed by atoms with Crippen LogP contribution in [0.15, 0.2) is 89.4 Å². The van der Waals surface area contributed by atoms with Crippen LogP contribution < -0.4 is 4.74 Å². The van der Waals surface area contributed by atoms with E-state index in [1.165, 1.54) is 6.08 Å². The molecule has 2 heterocycles. The van der Waals surface area contributed by atoms with Crippen molar-refractivity contribution in [3.63, 3.8) is 0 Å². The standard InChI is InChI=1S/C26H20N4O3/c1-32-20-14-11-18(12-15-20)13-16-23(31)25-27-21-9-5-6-10-22(21)30(25)17-24-28-29-26(33-24)19-7-3-2-4-8-19/h2-16H,17H2,1H3. The van der Waals surface area contributed by atoms with Gasteiger partial charge in [-0.15, -0.1) is 10.2 Å². The second-order valence-electron chi connectivity index (χ2n) is 7.35. The van der Waals surface area contributed by atoms with Gasteiger partial charge >= 0.3 is 0 Å². The molecule has 0 aliphatic heterocycles. The van der Waals surface area contributed by atoms with Crippen molar-refractivity contribution < 1.29 is 13.9 Å². The molecule has 0 aliphatic carbocycles. The third-order valence-electron chi connectivity index (χ3n) is 5.20. The number of hydrogen-bond donors (Lipinski definition) is 0. The third-order valence-corrected chi connectivity index (χ3v) is 5.20. The molecule has 0 radical (unpaired) electrons. The summed E-state index contributed by atoms with van der Waals surface area (Å²) in [5, 5.41) is 8.33. The third kappa shape index (κ3) is 4.29. The number of aromatic nitrogens is 4. The van der Waals surface area contributed by atoms with Crippen LogP contribution in [0.25, 0.3) is 28.6 Å². The van der Waals surface area contributed by atoms with Gasteiger partial charge in [-0.05, 0) is 48.0 Å². The number of ether oxygens (including phenoxy) is 1. The zero-order valence-electron chi connectivity index (χ0n) is 17.9. The zero-order chi connectivity index (χ0) is 22.6. The average Bonchev–Trinajstić information content (AvgIpc) is 3.49. The van der Waals surface area contributed by atoms with Gasteiger partial charge in [0, 0.05) is 5.56 Å². The number of carbonyl (C=O) groups excluding carboxylic acids is 1. The van der Waals surface area contributed by atoms with Gasteiger partial charge in [0.1, 0.15) is 12.3 Å². The summed E-state index contributed by atoms with van der Waals surface area (Å²) in [7, 11) is 1.62. The smallest absolute Gasteiger partial charge is 0.247 e. The fraction of sp³-hybridized carbons (Fsp3) is 0.0769. The molecule has 0 fully saturated rings. The van der Waals surface area contributed by atoms with Crippen molar-refractivity contribution in [3.05, 3.63) is 102 Å². The minimum Gasteiger partial charge on any atom is -0.497 e. The molecule has 0 saturated heterocycles. The van der Waals surface area contributed by atoms with Crippen molar-refractivity contribution in [1.29, 1.82) is 0 Å². The summed E-state index contributed by atoms with van der Waals surface area (Å²) in [6.45, 7) is 0.234. The minimum atomic E-state index is -0.218. The lowest BCUT2D eigenvalue weighted by Crippen LogP contribution is -2.10. The Labute approximate surface area is 190 Å².